The smallest absolute Gasteiger partial charge is 0.322 e. The molecule has 1 aliphatic carbocycles. The van der Waals surface area contributed by atoms with Crippen LogP contribution in [0.5, 0.6) is 0 Å². The van der Waals surface area contributed by atoms with Gasteiger partial charge in [0.1, 0.15) is 28.6 Å². The van der Waals surface area contributed by atoms with E-state index >= 15 is 0 Å². The van der Waals surface area contributed by atoms with Crippen LogP contribution >= 0.6 is 24.0 Å². The maximum Gasteiger partial charge on any atom is 0.408 e. The Morgan fingerprint density at radius 3 is 2.04 bits per heavy atom. The molecule has 0 aliphatic heterocycles. The van der Waals surface area contributed by atoms with Crippen LogP contribution in [0.2, 0.25) is 5.02 Å². The Bertz CT molecular complexity index is 2540. The minimum atomic E-state index is -4.96. The Morgan fingerprint density at radius 2 is 1.51 bits per heavy atom. The molecule has 0 radical (unpaired) electrons. The molecular weight excluding hydrogens is 836 g/mol. The van der Waals surface area contributed by atoms with Crippen LogP contribution < -0.4 is 9.44 Å². The summed E-state index contributed by atoms with van der Waals surface area (Å²) in [6.07, 6.45) is -1.22. The zero-order chi connectivity index (χ0) is 40.3. The van der Waals surface area contributed by atoms with E-state index < -0.39 is 81.7 Å². The summed E-state index contributed by atoms with van der Waals surface area (Å²) in [5.74, 6) is 2.94. The number of hydrogen-bond donors (Lipinski definition) is 1. The number of nitrogens with two attached hydrogens (primary N) is 1. The Balaban J connectivity index is 0.00000673. The molecule has 2 N–H and O–H groups in total. The quantitative estimate of drug-likeness (QED) is 0.156. The van der Waals surface area contributed by atoms with Crippen molar-refractivity contribution in [2.45, 2.75) is 69.5 Å². The summed E-state index contributed by atoms with van der Waals surface area (Å²) in [6, 6.07) is 4.12. The van der Waals surface area contributed by atoms with E-state index in [2.05, 4.69) is 16.9 Å². The number of rotatable bonds is 9. The lowest BCUT2D eigenvalue weighted by Gasteiger charge is -2.27. The molecule has 5 rings (SSSR count). The van der Waals surface area contributed by atoms with E-state index in [1.807, 2.05) is 0 Å². The average molecular weight is 873 g/mol. The lowest BCUT2D eigenvalue weighted by Crippen LogP contribution is -2.36. The van der Waals surface area contributed by atoms with Crippen LogP contribution in [-0.4, -0.2) is 69.7 Å². The van der Waals surface area contributed by atoms with Gasteiger partial charge < -0.3 is 5.73 Å². The third-order valence-electron chi connectivity index (χ3n) is 8.88. The Labute approximate surface area is 326 Å². The Hall–Kier alpha value is -3.54. The van der Waals surface area contributed by atoms with Gasteiger partial charge >= 0.3 is 6.18 Å². The highest BCUT2D eigenvalue weighted by molar-refractivity contribution is 8.09. The van der Waals surface area contributed by atoms with Gasteiger partial charge in [-0.2, -0.15) is 18.3 Å². The molecule has 2 aromatic carbocycles. The minimum absolute atomic E-state index is 0. The zero-order valence-electron chi connectivity index (χ0n) is 29.9. The van der Waals surface area contributed by atoms with Gasteiger partial charge in [-0.3, -0.25) is 4.68 Å². The number of alkyl halides is 3. The van der Waals surface area contributed by atoms with Gasteiger partial charge in [0.25, 0.3) is 0 Å². The predicted molar refractivity (Wildman–Crippen MR) is 203 cm³/mol. The number of sulfone groups is 1. The van der Waals surface area contributed by atoms with Gasteiger partial charge in [0.05, 0.1) is 40.2 Å². The SMILES string of the molecule is CC(C)(C#Cc1nc([C@@H](N)Cc2cc(F)cc(F)c2)c(-c2ccc(Cl)c3c(N(S(C)(=O)=O)S(C)(=O)=O)nn(CC(F)(F)F)c23)c2c1CCCC2)S(C)(=O)=O.Cl. The van der Waals surface area contributed by atoms with Crippen molar-refractivity contribution in [3.8, 4) is 23.0 Å². The second kappa shape index (κ2) is 15.4. The first-order chi connectivity index (χ1) is 24.7. The molecule has 0 bridgehead atoms. The number of hydrogen-bond acceptors (Lipinski definition) is 9. The summed E-state index contributed by atoms with van der Waals surface area (Å²) in [6.45, 7) is 1.00. The van der Waals surface area contributed by atoms with Gasteiger partial charge in [0.15, 0.2) is 15.7 Å². The molecular formula is C34H36Cl2F5N5O6S3. The summed E-state index contributed by atoms with van der Waals surface area (Å²) in [4.78, 5) is 4.77. The molecule has 0 spiro atoms. The fraction of sp³-hybridized carbons (Fsp3) is 0.412. The lowest BCUT2D eigenvalue weighted by atomic mass is 9.82. The second-order valence-corrected chi connectivity index (χ2v) is 20.5. The van der Waals surface area contributed by atoms with Crippen molar-refractivity contribution in [1.82, 2.24) is 14.8 Å². The predicted octanol–water partition coefficient (Wildman–Crippen LogP) is 6.04. The maximum atomic E-state index is 14.3. The van der Waals surface area contributed by atoms with Crippen LogP contribution in [0.15, 0.2) is 30.3 Å². The van der Waals surface area contributed by atoms with Gasteiger partial charge in [0, 0.05) is 23.4 Å². The number of halogens is 7. The molecule has 2 heterocycles. The fourth-order valence-electron chi connectivity index (χ4n) is 6.33. The standard InChI is InChI=1S/C34H35ClF5N5O6S3.ClH/c1-33(2,52(3,46)47)13-12-27-22-8-6-7-9-23(22)28(30(42-27)26(41)16-19-14-20(36)17-21(37)15-19)24-10-11-25(35)29-31(24)44(18-34(38,39)40)43-32(29)45(53(4,48)49)54(5,50)51;/h10-11,14-15,17,26H,6-9,16,18,41H2,1-5H3;1H/t26-;/m0./s1. The summed E-state index contributed by atoms with van der Waals surface area (Å²) in [5.41, 5.74) is 7.79. The first-order valence-electron chi connectivity index (χ1n) is 16.1. The molecule has 4 aromatic rings. The summed E-state index contributed by atoms with van der Waals surface area (Å²) in [5, 5.41) is 3.12. The van der Waals surface area contributed by atoms with Crippen molar-refractivity contribution in [1.29, 1.82) is 0 Å². The second-order valence-electron chi connectivity index (χ2n) is 13.6. The van der Waals surface area contributed by atoms with Crippen molar-refractivity contribution in [2.24, 2.45) is 5.73 Å². The van der Waals surface area contributed by atoms with Crippen LogP contribution in [-0.2, 0) is 55.7 Å². The van der Waals surface area contributed by atoms with Crippen LogP contribution in [0.3, 0.4) is 0 Å². The van der Waals surface area contributed by atoms with Crippen molar-refractivity contribution in [2.75, 3.05) is 22.5 Å². The summed E-state index contributed by atoms with van der Waals surface area (Å²) >= 11 is 6.55. The van der Waals surface area contributed by atoms with Crippen molar-refractivity contribution in [3.05, 3.63) is 75.1 Å². The fourth-order valence-corrected chi connectivity index (χ4v) is 9.66. The number of benzene rings is 2. The van der Waals surface area contributed by atoms with E-state index in [0.29, 0.717) is 60.1 Å². The van der Waals surface area contributed by atoms with Crippen molar-refractivity contribution in [3.63, 3.8) is 0 Å². The number of sulfonamides is 2. The van der Waals surface area contributed by atoms with E-state index in [9.17, 15) is 47.2 Å². The Kier molecular flexibility index (Phi) is 12.4. The van der Waals surface area contributed by atoms with Crippen molar-refractivity contribution >= 4 is 70.6 Å². The largest absolute Gasteiger partial charge is 0.408 e. The monoisotopic (exact) mass is 871 g/mol. The molecule has 21 heteroatoms. The molecule has 0 fully saturated rings. The molecule has 300 valence electrons. The molecule has 0 saturated carbocycles. The molecule has 0 amide bonds. The van der Waals surface area contributed by atoms with Crippen molar-refractivity contribution < 1.29 is 47.2 Å². The Morgan fingerprint density at radius 1 is 0.945 bits per heavy atom. The third-order valence-corrected chi connectivity index (χ3v) is 14.3. The number of nitrogens with zero attached hydrogens (tertiary/aromatic N) is 4. The summed E-state index contributed by atoms with van der Waals surface area (Å²) < 4.78 is 146. The van der Waals surface area contributed by atoms with Crippen LogP contribution in [0, 0.1) is 23.5 Å². The van der Waals surface area contributed by atoms with E-state index in [1.165, 1.54) is 26.0 Å². The highest BCUT2D eigenvalue weighted by Crippen LogP contribution is 2.45. The lowest BCUT2D eigenvalue weighted by molar-refractivity contribution is -0.141. The molecule has 11 nitrogen and oxygen atoms in total. The number of pyridine rings is 1. The van der Waals surface area contributed by atoms with Gasteiger partial charge in [-0.05, 0) is 86.8 Å². The van der Waals surface area contributed by atoms with Crippen LogP contribution in [0.1, 0.15) is 60.8 Å². The minimum Gasteiger partial charge on any atom is -0.322 e. The molecule has 2 aromatic heterocycles. The number of anilines is 1. The van der Waals surface area contributed by atoms with Gasteiger partial charge in [-0.1, -0.05) is 23.6 Å². The van der Waals surface area contributed by atoms with Crippen LogP contribution in [0.25, 0.3) is 22.0 Å². The van der Waals surface area contributed by atoms with E-state index in [0.717, 1.165) is 18.4 Å². The molecule has 1 atom stereocenters. The average Bonchev–Trinajstić information content (AvgIpc) is 3.34. The van der Waals surface area contributed by atoms with E-state index in [-0.39, 0.29) is 55.6 Å². The highest BCUT2D eigenvalue weighted by atomic mass is 35.5. The molecule has 0 unspecified atom stereocenters. The van der Waals surface area contributed by atoms with Gasteiger partial charge in [-0.15, -0.1) is 16.1 Å². The maximum absolute atomic E-state index is 14.3. The van der Waals surface area contributed by atoms with Gasteiger partial charge in [-0.25, -0.2) is 39.0 Å². The van der Waals surface area contributed by atoms with Gasteiger partial charge in [0.2, 0.25) is 20.0 Å². The third kappa shape index (κ3) is 9.37. The molecule has 55 heavy (non-hydrogen) atoms. The normalized spacial score (nSPS) is 14.5. The van der Waals surface area contributed by atoms with E-state index in [1.54, 1.807) is 0 Å². The first kappa shape index (κ1) is 44.2. The first-order valence-corrected chi connectivity index (χ1v) is 22.1. The summed E-state index contributed by atoms with van der Waals surface area (Å²) in [7, 11) is -13.1. The van der Waals surface area contributed by atoms with E-state index in [4.69, 9.17) is 22.3 Å². The van der Waals surface area contributed by atoms with Crippen LogP contribution in [0.4, 0.5) is 27.8 Å². The zero-order valence-corrected chi connectivity index (χ0v) is 33.9. The number of aromatic nitrogens is 3. The molecule has 1 aliphatic rings. The number of fused-ring (bicyclic) bond motifs is 2. The topological polar surface area (TPSA) is 162 Å². The highest BCUT2D eigenvalue weighted by Gasteiger charge is 2.38. The molecule has 0 saturated heterocycles.